The molecule has 3 nitrogen and oxygen atoms in total. The normalized spacial score (nSPS) is 24.3. The maximum atomic E-state index is 11.9. The summed E-state index contributed by atoms with van der Waals surface area (Å²) < 4.78 is 0. The molecule has 3 heteroatoms. The van der Waals surface area contributed by atoms with Gasteiger partial charge in [-0.3, -0.25) is 10.1 Å². The van der Waals surface area contributed by atoms with Crippen molar-refractivity contribution in [3.8, 4) is 0 Å². The van der Waals surface area contributed by atoms with Gasteiger partial charge in [0.1, 0.15) is 6.17 Å². The van der Waals surface area contributed by atoms with Gasteiger partial charge in [-0.05, 0) is 17.9 Å². The number of amides is 1. The van der Waals surface area contributed by atoms with Crippen molar-refractivity contribution in [2.75, 3.05) is 13.1 Å². The van der Waals surface area contributed by atoms with E-state index >= 15 is 0 Å². The Hall–Kier alpha value is -1.35. The SMILES string of the molecule is O=C1CNC(c2ccccc2)N1CCC1CCC1. The molecule has 1 heterocycles. The van der Waals surface area contributed by atoms with Gasteiger partial charge in [0, 0.05) is 6.54 Å². The number of hydrogen-bond donors (Lipinski definition) is 1. The quantitative estimate of drug-likeness (QED) is 0.881. The molecule has 2 fully saturated rings. The average Bonchev–Trinajstić information content (AvgIpc) is 2.70. The molecule has 1 aliphatic heterocycles. The number of rotatable bonds is 4. The van der Waals surface area contributed by atoms with Crippen molar-refractivity contribution in [2.24, 2.45) is 5.92 Å². The zero-order chi connectivity index (χ0) is 12.4. The summed E-state index contributed by atoms with van der Waals surface area (Å²) in [5.41, 5.74) is 1.19. The first-order valence-electron chi connectivity index (χ1n) is 6.92. The Balaban J connectivity index is 1.67. The van der Waals surface area contributed by atoms with Crippen LogP contribution in [0.3, 0.4) is 0 Å². The van der Waals surface area contributed by atoms with Crippen molar-refractivity contribution < 1.29 is 4.79 Å². The first-order chi connectivity index (χ1) is 8.84. The second kappa shape index (κ2) is 5.11. The van der Waals surface area contributed by atoms with Crippen LogP contribution in [-0.4, -0.2) is 23.9 Å². The number of carbonyl (C=O) groups is 1. The Kier molecular flexibility index (Phi) is 3.33. The van der Waals surface area contributed by atoms with Gasteiger partial charge in [-0.15, -0.1) is 0 Å². The topological polar surface area (TPSA) is 32.3 Å². The van der Waals surface area contributed by atoms with Gasteiger partial charge in [0.15, 0.2) is 0 Å². The molecule has 1 atom stereocenters. The Morgan fingerprint density at radius 1 is 1.22 bits per heavy atom. The molecule has 2 aliphatic rings. The molecule has 3 rings (SSSR count). The highest BCUT2D eigenvalue weighted by Crippen LogP contribution is 2.31. The molecule has 1 unspecified atom stereocenters. The van der Waals surface area contributed by atoms with Gasteiger partial charge in [-0.2, -0.15) is 0 Å². The lowest BCUT2D eigenvalue weighted by atomic mass is 9.83. The number of nitrogens with zero attached hydrogens (tertiary/aromatic N) is 1. The molecule has 1 aromatic rings. The van der Waals surface area contributed by atoms with Crippen LogP contribution >= 0.6 is 0 Å². The first-order valence-corrected chi connectivity index (χ1v) is 6.92. The van der Waals surface area contributed by atoms with Crippen molar-refractivity contribution in [1.82, 2.24) is 10.2 Å². The van der Waals surface area contributed by atoms with E-state index in [2.05, 4.69) is 17.4 Å². The summed E-state index contributed by atoms with van der Waals surface area (Å²) in [6.07, 6.45) is 5.32. The Labute approximate surface area is 108 Å². The summed E-state index contributed by atoms with van der Waals surface area (Å²) in [6, 6.07) is 10.3. The van der Waals surface area contributed by atoms with Crippen molar-refractivity contribution >= 4 is 5.91 Å². The van der Waals surface area contributed by atoms with Crippen LogP contribution in [0.1, 0.15) is 37.4 Å². The van der Waals surface area contributed by atoms with Crippen LogP contribution < -0.4 is 5.32 Å². The van der Waals surface area contributed by atoms with Crippen molar-refractivity contribution in [3.05, 3.63) is 35.9 Å². The molecule has 0 spiro atoms. The second-order valence-electron chi connectivity index (χ2n) is 5.37. The van der Waals surface area contributed by atoms with Crippen molar-refractivity contribution in [3.63, 3.8) is 0 Å². The fourth-order valence-corrected chi connectivity index (χ4v) is 2.83. The predicted octanol–water partition coefficient (Wildman–Crippen LogP) is 2.31. The van der Waals surface area contributed by atoms with Crippen LogP contribution in [0.15, 0.2) is 30.3 Å². The molecular weight excluding hydrogens is 224 g/mol. The smallest absolute Gasteiger partial charge is 0.238 e. The Bertz CT molecular complexity index is 414. The highest BCUT2D eigenvalue weighted by molar-refractivity contribution is 5.80. The van der Waals surface area contributed by atoms with Crippen LogP contribution in [0, 0.1) is 5.92 Å². The molecule has 1 saturated heterocycles. The molecule has 1 aromatic carbocycles. The summed E-state index contributed by atoms with van der Waals surface area (Å²) in [5.74, 6) is 1.10. The molecule has 1 amide bonds. The molecule has 1 N–H and O–H groups in total. The largest absolute Gasteiger partial charge is 0.322 e. The van der Waals surface area contributed by atoms with Gasteiger partial charge in [0.05, 0.1) is 6.54 Å². The van der Waals surface area contributed by atoms with E-state index in [4.69, 9.17) is 0 Å². The minimum absolute atomic E-state index is 0.0822. The molecule has 18 heavy (non-hydrogen) atoms. The van der Waals surface area contributed by atoms with Gasteiger partial charge in [0.2, 0.25) is 5.91 Å². The molecule has 0 bridgehead atoms. The first kappa shape index (κ1) is 11.7. The Morgan fingerprint density at radius 3 is 2.67 bits per heavy atom. The van der Waals surface area contributed by atoms with E-state index in [-0.39, 0.29) is 12.1 Å². The zero-order valence-corrected chi connectivity index (χ0v) is 10.6. The summed E-state index contributed by atoms with van der Waals surface area (Å²) in [7, 11) is 0. The van der Waals surface area contributed by atoms with Gasteiger partial charge in [0.25, 0.3) is 0 Å². The van der Waals surface area contributed by atoms with Crippen LogP contribution in [0.2, 0.25) is 0 Å². The summed E-state index contributed by atoms with van der Waals surface area (Å²) in [5, 5.41) is 3.31. The second-order valence-corrected chi connectivity index (χ2v) is 5.37. The third-order valence-electron chi connectivity index (χ3n) is 4.20. The molecule has 0 aromatic heterocycles. The van der Waals surface area contributed by atoms with E-state index in [0.29, 0.717) is 6.54 Å². The van der Waals surface area contributed by atoms with E-state index in [9.17, 15) is 4.79 Å². The van der Waals surface area contributed by atoms with E-state index in [1.807, 2.05) is 23.1 Å². The zero-order valence-electron chi connectivity index (χ0n) is 10.6. The number of hydrogen-bond acceptors (Lipinski definition) is 2. The highest BCUT2D eigenvalue weighted by atomic mass is 16.2. The predicted molar refractivity (Wildman–Crippen MR) is 70.9 cm³/mol. The van der Waals surface area contributed by atoms with Gasteiger partial charge in [-0.25, -0.2) is 0 Å². The van der Waals surface area contributed by atoms with E-state index in [0.717, 1.165) is 18.9 Å². The molecule has 1 aliphatic carbocycles. The molecule has 0 radical (unpaired) electrons. The Morgan fingerprint density at radius 2 is 2.00 bits per heavy atom. The highest BCUT2D eigenvalue weighted by Gasteiger charge is 2.32. The third kappa shape index (κ3) is 2.27. The number of benzene rings is 1. The van der Waals surface area contributed by atoms with Crippen molar-refractivity contribution in [2.45, 2.75) is 31.8 Å². The summed E-state index contributed by atoms with van der Waals surface area (Å²) in [6.45, 7) is 1.38. The van der Waals surface area contributed by atoms with Crippen LogP contribution in [0.5, 0.6) is 0 Å². The minimum atomic E-state index is 0.0822. The van der Waals surface area contributed by atoms with Crippen LogP contribution in [0.25, 0.3) is 0 Å². The lowest BCUT2D eigenvalue weighted by Gasteiger charge is -2.30. The summed E-state index contributed by atoms with van der Waals surface area (Å²) >= 11 is 0. The van der Waals surface area contributed by atoms with Gasteiger partial charge in [-0.1, -0.05) is 49.6 Å². The maximum Gasteiger partial charge on any atom is 0.238 e. The third-order valence-corrected chi connectivity index (χ3v) is 4.20. The monoisotopic (exact) mass is 244 g/mol. The molecule has 96 valence electrons. The summed E-state index contributed by atoms with van der Waals surface area (Å²) in [4.78, 5) is 13.9. The molecule has 1 saturated carbocycles. The fourth-order valence-electron chi connectivity index (χ4n) is 2.83. The number of nitrogens with one attached hydrogen (secondary N) is 1. The van der Waals surface area contributed by atoms with Crippen LogP contribution in [0.4, 0.5) is 0 Å². The maximum absolute atomic E-state index is 11.9. The number of carbonyl (C=O) groups excluding carboxylic acids is 1. The standard InChI is InChI=1S/C15H20N2O/c18-14-11-16-15(13-7-2-1-3-8-13)17(14)10-9-12-5-4-6-12/h1-3,7-8,12,15-16H,4-6,9-11H2. The lowest BCUT2D eigenvalue weighted by Crippen LogP contribution is -2.33. The lowest BCUT2D eigenvalue weighted by molar-refractivity contribution is -0.128. The minimum Gasteiger partial charge on any atom is -0.322 e. The van der Waals surface area contributed by atoms with Gasteiger partial charge >= 0.3 is 0 Å². The van der Waals surface area contributed by atoms with Crippen LogP contribution in [-0.2, 0) is 4.79 Å². The van der Waals surface area contributed by atoms with E-state index in [1.165, 1.54) is 24.8 Å². The van der Waals surface area contributed by atoms with Crippen molar-refractivity contribution in [1.29, 1.82) is 0 Å². The molecular formula is C15H20N2O. The van der Waals surface area contributed by atoms with E-state index < -0.39 is 0 Å². The van der Waals surface area contributed by atoms with Gasteiger partial charge < -0.3 is 4.90 Å². The fraction of sp³-hybridized carbons (Fsp3) is 0.533. The average molecular weight is 244 g/mol. The van der Waals surface area contributed by atoms with E-state index in [1.54, 1.807) is 0 Å².